The van der Waals surface area contributed by atoms with Crippen molar-refractivity contribution < 1.29 is 28.8 Å². The first-order valence-electron chi connectivity index (χ1n) is 8.92. The van der Waals surface area contributed by atoms with Crippen LogP contribution >= 0.6 is 0 Å². The van der Waals surface area contributed by atoms with Crippen LogP contribution in [0.25, 0.3) is 0 Å². The van der Waals surface area contributed by atoms with Gasteiger partial charge in [0.25, 0.3) is 0 Å². The fraction of sp³-hybridized carbons (Fsp3) is 0.364. The first-order chi connectivity index (χ1) is 13.9. The van der Waals surface area contributed by atoms with Crippen molar-refractivity contribution in [2.45, 2.75) is 26.7 Å². The summed E-state index contributed by atoms with van der Waals surface area (Å²) in [5.41, 5.74) is 3.69. The number of carboxylic acids is 1. The molecular weight excluding hydrogens is 374 g/mol. The van der Waals surface area contributed by atoms with E-state index in [0.29, 0.717) is 12.2 Å². The second-order valence-corrected chi connectivity index (χ2v) is 6.21. The molecule has 2 rings (SSSR count). The van der Waals surface area contributed by atoms with Crippen LogP contribution in [0.5, 0.6) is 11.5 Å². The lowest BCUT2D eigenvalue weighted by atomic mass is 10.1. The number of nitriles is 1. The number of ether oxygens (including phenoxy) is 4. The van der Waals surface area contributed by atoms with E-state index >= 15 is 0 Å². The van der Waals surface area contributed by atoms with Gasteiger partial charge in [0.1, 0.15) is 11.5 Å². The van der Waals surface area contributed by atoms with E-state index < -0.39 is 5.97 Å². The summed E-state index contributed by atoms with van der Waals surface area (Å²) in [7, 11) is 3.12. The van der Waals surface area contributed by atoms with Crippen molar-refractivity contribution in [3.63, 3.8) is 0 Å². The highest BCUT2D eigenvalue weighted by molar-refractivity contribution is 5.70. The molecule has 0 aromatic heterocycles. The highest BCUT2D eigenvalue weighted by atomic mass is 16.7. The lowest BCUT2D eigenvalue weighted by molar-refractivity contribution is -0.136. The van der Waals surface area contributed by atoms with Crippen LogP contribution in [0.2, 0.25) is 0 Å². The van der Waals surface area contributed by atoms with Crippen LogP contribution in [0.15, 0.2) is 36.4 Å². The number of benzene rings is 2. The van der Waals surface area contributed by atoms with Gasteiger partial charge in [0.15, 0.2) is 13.6 Å². The molecule has 2 aromatic rings. The van der Waals surface area contributed by atoms with Gasteiger partial charge in [-0.2, -0.15) is 5.26 Å². The van der Waals surface area contributed by atoms with Gasteiger partial charge in [0, 0.05) is 14.2 Å². The van der Waals surface area contributed by atoms with Crippen LogP contribution in [-0.2, 0) is 27.1 Å². The SMILES string of the molecule is COCOc1cc(CC#N)ccc1C.COCOc1cc(CC(=O)O)ccc1C. The average molecular weight is 401 g/mol. The minimum atomic E-state index is -0.850. The number of carboxylic acid groups (broad SMARTS) is 1. The zero-order chi connectivity index (χ0) is 21.6. The summed E-state index contributed by atoms with van der Waals surface area (Å²) >= 11 is 0. The highest BCUT2D eigenvalue weighted by Crippen LogP contribution is 2.20. The molecule has 0 amide bonds. The first kappa shape index (κ1) is 24.0. The number of rotatable bonds is 9. The van der Waals surface area contributed by atoms with Gasteiger partial charge in [0.05, 0.1) is 18.9 Å². The molecule has 0 saturated heterocycles. The van der Waals surface area contributed by atoms with Gasteiger partial charge in [-0.1, -0.05) is 24.3 Å². The molecule has 1 N–H and O–H groups in total. The van der Waals surface area contributed by atoms with Crippen molar-refractivity contribution in [3.8, 4) is 17.6 Å². The van der Waals surface area contributed by atoms with Gasteiger partial charge in [0.2, 0.25) is 0 Å². The van der Waals surface area contributed by atoms with E-state index in [4.69, 9.17) is 29.3 Å². The molecule has 156 valence electrons. The van der Waals surface area contributed by atoms with Crippen molar-refractivity contribution >= 4 is 5.97 Å². The minimum absolute atomic E-state index is 0.00359. The van der Waals surface area contributed by atoms with E-state index in [9.17, 15) is 4.79 Å². The van der Waals surface area contributed by atoms with Crippen molar-refractivity contribution in [3.05, 3.63) is 58.7 Å². The van der Waals surface area contributed by atoms with Gasteiger partial charge in [-0.15, -0.1) is 0 Å². The Morgan fingerprint density at radius 1 is 0.931 bits per heavy atom. The van der Waals surface area contributed by atoms with Crippen molar-refractivity contribution in [2.75, 3.05) is 27.8 Å². The normalized spacial score (nSPS) is 9.76. The van der Waals surface area contributed by atoms with Crippen LogP contribution < -0.4 is 9.47 Å². The molecule has 0 aliphatic carbocycles. The predicted octanol–water partition coefficient (Wildman–Crippen LogP) is 3.65. The molecule has 0 saturated carbocycles. The largest absolute Gasteiger partial charge is 0.481 e. The van der Waals surface area contributed by atoms with Gasteiger partial charge in [-0.3, -0.25) is 4.79 Å². The number of aliphatic carboxylic acids is 1. The highest BCUT2D eigenvalue weighted by Gasteiger charge is 2.05. The predicted molar refractivity (Wildman–Crippen MR) is 108 cm³/mol. The van der Waals surface area contributed by atoms with Crippen LogP contribution in [0, 0.1) is 25.2 Å². The number of hydrogen-bond donors (Lipinski definition) is 1. The summed E-state index contributed by atoms with van der Waals surface area (Å²) < 4.78 is 20.2. The molecule has 0 radical (unpaired) electrons. The van der Waals surface area contributed by atoms with Crippen LogP contribution in [0.4, 0.5) is 0 Å². The number of nitrogens with zero attached hydrogens (tertiary/aromatic N) is 1. The number of carbonyl (C=O) groups is 1. The molecule has 0 aliphatic rings. The van der Waals surface area contributed by atoms with Gasteiger partial charge >= 0.3 is 5.97 Å². The molecule has 7 nitrogen and oxygen atoms in total. The molecule has 0 aliphatic heterocycles. The Hall–Kier alpha value is -3.08. The Morgan fingerprint density at radius 2 is 1.41 bits per heavy atom. The molecule has 2 aromatic carbocycles. The van der Waals surface area contributed by atoms with Crippen molar-refractivity contribution in [1.82, 2.24) is 0 Å². The summed E-state index contributed by atoms with van der Waals surface area (Å²) in [6, 6.07) is 13.2. The van der Waals surface area contributed by atoms with Gasteiger partial charge < -0.3 is 24.1 Å². The molecule has 0 unspecified atom stereocenters. The third-order valence-corrected chi connectivity index (χ3v) is 3.81. The molecule has 0 fully saturated rings. The topological polar surface area (TPSA) is 98.0 Å². The molecule has 7 heteroatoms. The third-order valence-electron chi connectivity index (χ3n) is 3.81. The lowest BCUT2D eigenvalue weighted by Gasteiger charge is -2.09. The zero-order valence-corrected chi connectivity index (χ0v) is 17.2. The van der Waals surface area contributed by atoms with E-state index in [2.05, 4.69) is 6.07 Å². The quantitative estimate of drug-likeness (QED) is 0.641. The zero-order valence-electron chi connectivity index (χ0n) is 17.2. The fourth-order valence-corrected chi connectivity index (χ4v) is 2.33. The Kier molecular flexibility index (Phi) is 10.9. The Morgan fingerprint density at radius 3 is 1.86 bits per heavy atom. The molecule has 0 bridgehead atoms. The summed E-state index contributed by atoms with van der Waals surface area (Å²) in [6.45, 7) is 4.25. The molecule has 0 atom stereocenters. The van der Waals surface area contributed by atoms with Crippen molar-refractivity contribution in [1.29, 1.82) is 5.26 Å². The van der Waals surface area contributed by atoms with Crippen LogP contribution in [0.3, 0.4) is 0 Å². The van der Waals surface area contributed by atoms with E-state index in [1.807, 2.05) is 38.1 Å². The fourth-order valence-electron chi connectivity index (χ4n) is 2.33. The van der Waals surface area contributed by atoms with Crippen LogP contribution in [0.1, 0.15) is 22.3 Å². The number of aryl methyl sites for hydroxylation is 2. The molecule has 29 heavy (non-hydrogen) atoms. The van der Waals surface area contributed by atoms with Crippen molar-refractivity contribution in [2.24, 2.45) is 0 Å². The number of methoxy groups -OCH3 is 2. The van der Waals surface area contributed by atoms with Gasteiger partial charge in [-0.25, -0.2) is 0 Å². The van der Waals surface area contributed by atoms with E-state index in [1.165, 1.54) is 7.11 Å². The second-order valence-electron chi connectivity index (χ2n) is 6.21. The summed E-state index contributed by atoms with van der Waals surface area (Å²) in [5, 5.41) is 17.2. The van der Waals surface area contributed by atoms with E-state index in [1.54, 1.807) is 19.2 Å². The minimum Gasteiger partial charge on any atom is -0.481 e. The third kappa shape index (κ3) is 9.10. The Balaban J connectivity index is 0.000000291. The van der Waals surface area contributed by atoms with E-state index in [0.717, 1.165) is 28.0 Å². The smallest absolute Gasteiger partial charge is 0.307 e. The van der Waals surface area contributed by atoms with Crippen LogP contribution in [-0.4, -0.2) is 38.9 Å². The molecule has 0 spiro atoms. The van der Waals surface area contributed by atoms with Gasteiger partial charge in [-0.05, 0) is 48.2 Å². The maximum absolute atomic E-state index is 10.5. The summed E-state index contributed by atoms with van der Waals surface area (Å²) in [5.74, 6) is 0.590. The Bertz CT molecular complexity index is 829. The lowest BCUT2D eigenvalue weighted by Crippen LogP contribution is -2.03. The maximum Gasteiger partial charge on any atom is 0.307 e. The molecule has 0 heterocycles. The monoisotopic (exact) mass is 401 g/mol. The summed E-state index contributed by atoms with van der Waals surface area (Å²) in [6.07, 6.45) is 0.410. The molecular formula is C22H27NO6. The summed E-state index contributed by atoms with van der Waals surface area (Å²) in [4.78, 5) is 10.5. The van der Waals surface area contributed by atoms with E-state index in [-0.39, 0.29) is 20.0 Å². The standard InChI is InChI=1S/C11H13NO2.C11H14O4/c1-9-3-4-10(5-6-12)7-11(9)14-8-13-2;1-8-3-4-9(6-11(12)13)5-10(8)15-7-14-2/h3-4,7H,5,8H2,1-2H3;3-5H,6-7H2,1-2H3,(H,12,13). The first-order valence-corrected chi connectivity index (χ1v) is 8.92. The number of hydrogen-bond acceptors (Lipinski definition) is 6. The maximum atomic E-state index is 10.5. The second kappa shape index (κ2) is 13.2. The Labute approximate surface area is 171 Å². The average Bonchev–Trinajstić information content (AvgIpc) is 2.69.